The minimum atomic E-state index is -1.76. The molecule has 22 heavy (non-hydrogen) atoms. The lowest BCUT2D eigenvalue weighted by molar-refractivity contribution is -0.225. The number of ether oxygens (including phenoxy) is 2. The van der Waals surface area contributed by atoms with Crippen molar-refractivity contribution in [3.8, 4) is 0 Å². The molecular formula is C17H20FNO3. The fraction of sp³-hybridized carbons (Fsp3) is 0.353. The lowest BCUT2D eigenvalue weighted by atomic mass is 9.85. The van der Waals surface area contributed by atoms with Gasteiger partial charge >= 0.3 is 0 Å². The summed E-state index contributed by atoms with van der Waals surface area (Å²) in [5.41, 5.74) is -1.20. The Labute approximate surface area is 129 Å². The number of rotatable bonds is 7. The van der Waals surface area contributed by atoms with Crippen LogP contribution in [-0.2, 0) is 15.1 Å². The lowest BCUT2D eigenvalue weighted by Gasteiger charge is -2.36. The van der Waals surface area contributed by atoms with Crippen molar-refractivity contribution in [3.05, 3.63) is 65.7 Å². The van der Waals surface area contributed by atoms with Gasteiger partial charge in [0.25, 0.3) is 0 Å². The number of pyridine rings is 1. The van der Waals surface area contributed by atoms with Crippen LogP contribution in [-0.4, -0.2) is 29.6 Å². The van der Waals surface area contributed by atoms with Crippen molar-refractivity contribution in [3.63, 3.8) is 0 Å². The highest BCUT2D eigenvalue weighted by Crippen LogP contribution is 2.36. The van der Waals surface area contributed by atoms with Gasteiger partial charge in [-0.1, -0.05) is 30.3 Å². The first-order valence-corrected chi connectivity index (χ1v) is 7.25. The molecule has 0 aliphatic heterocycles. The van der Waals surface area contributed by atoms with Gasteiger partial charge in [-0.15, -0.1) is 0 Å². The van der Waals surface area contributed by atoms with E-state index >= 15 is 0 Å². The number of aliphatic hydroxyl groups is 1. The average Bonchev–Trinajstić information content (AvgIpc) is 2.55. The van der Waals surface area contributed by atoms with Crippen molar-refractivity contribution >= 4 is 0 Å². The Morgan fingerprint density at radius 1 is 1.14 bits per heavy atom. The van der Waals surface area contributed by atoms with Crippen molar-refractivity contribution < 1.29 is 19.0 Å². The number of benzene rings is 1. The van der Waals surface area contributed by atoms with Gasteiger partial charge in [0.05, 0.1) is 6.20 Å². The quantitative estimate of drug-likeness (QED) is 0.799. The number of aromatic nitrogens is 1. The van der Waals surface area contributed by atoms with Crippen molar-refractivity contribution in [1.29, 1.82) is 0 Å². The summed E-state index contributed by atoms with van der Waals surface area (Å²) < 4.78 is 25.4. The van der Waals surface area contributed by atoms with Gasteiger partial charge < -0.3 is 14.6 Å². The molecule has 2 rings (SSSR count). The van der Waals surface area contributed by atoms with Crippen LogP contribution < -0.4 is 0 Å². The maximum absolute atomic E-state index is 14.3. The average molecular weight is 305 g/mol. The molecule has 5 heteroatoms. The van der Waals surface area contributed by atoms with Crippen molar-refractivity contribution in [2.75, 3.05) is 13.2 Å². The molecule has 0 fully saturated rings. The van der Waals surface area contributed by atoms with E-state index in [1.54, 1.807) is 38.1 Å². The van der Waals surface area contributed by atoms with Gasteiger partial charge in [0.15, 0.2) is 11.9 Å². The van der Waals surface area contributed by atoms with E-state index < -0.39 is 17.7 Å². The molecule has 1 N–H and O–H groups in total. The molecule has 0 amide bonds. The van der Waals surface area contributed by atoms with Crippen LogP contribution in [0.2, 0.25) is 0 Å². The first-order chi connectivity index (χ1) is 10.6. The Balaban J connectivity index is 2.60. The van der Waals surface area contributed by atoms with Gasteiger partial charge in [0.1, 0.15) is 5.82 Å². The topological polar surface area (TPSA) is 51.6 Å². The number of nitrogens with zero attached hydrogens (tertiary/aromatic N) is 1. The minimum Gasteiger partial charge on any atom is -0.375 e. The van der Waals surface area contributed by atoms with Crippen LogP contribution in [0.15, 0.2) is 48.8 Å². The summed E-state index contributed by atoms with van der Waals surface area (Å²) in [6.45, 7) is 4.24. The molecule has 4 nitrogen and oxygen atoms in total. The van der Waals surface area contributed by atoms with E-state index in [2.05, 4.69) is 4.98 Å². The zero-order chi connectivity index (χ0) is 16.0. The van der Waals surface area contributed by atoms with E-state index in [9.17, 15) is 9.50 Å². The molecule has 0 saturated heterocycles. The van der Waals surface area contributed by atoms with Crippen LogP contribution in [0.5, 0.6) is 0 Å². The molecule has 0 aliphatic carbocycles. The summed E-state index contributed by atoms with van der Waals surface area (Å²) in [4.78, 5) is 3.74. The van der Waals surface area contributed by atoms with Gasteiger partial charge in [0, 0.05) is 25.0 Å². The van der Waals surface area contributed by atoms with E-state index in [1.165, 1.54) is 12.3 Å². The minimum absolute atomic E-state index is 0.0700. The fourth-order valence-electron chi connectivity index (χ4n) is 2.39. The van der Waals surface area contributed by atoms with Gasteiger partial charge in [-0.25, -0.2) is 4.39 Å². The summed E-state index contributed by atoms with van der Waals surface area (Å²) in [5, 5.41) is 11.3. The zero-order valence-electron chi connectivity index (χ0n) is 12.7. The monoisotopic (exact) mass is 305 g/mol. The number of halogens is 1. The van der Waals surface area contributed by atoms with E-state index in [1.807, 2.05) is 6.07 Å². The highest BCUT2D eigenvalue weighted by atomic mass is 19.1. The molecule has 1 aromatic heterocycles. The lowest BCUT2D eigenvalue weighted by Crippen LogP contribution is -2.45. The standard InChI is InChI=1S/C17H20FNO3/c1-3-21-16(22-4-2)17(20,13-8-6-5-7-9-13)14-10-11-19-12-15(14)18/h5-12,16,20H,3-4H2,1-2H3. The van der Waals surface area contributed by atoms with Gasteiger partial charge in [-0.05, 0) is 25.5 Å². The molecule has 1 atom stereocenters. The second kappa shape index (κ2) is 7.45. The summed E-state index contributed by atoms with van der Waals surface area (Å²) in [6, 6.07) is 10.2. The molecule has 0 spiro atoms. The van der Waals surface area contributed by atoms with Crippen LogP contribution >= 0.6 is 0 Å². The third kappa shape index (κ3) is 3.16. The molecule has 2 aromatic rings. The Morgan fingerprint density at radius 2 is 1.77 bits per heavy atom. The maximum Gasteiger partial charge on any atom is 0.195 e. The molecule has 1 unspecified atom stereocenters. The Hall–Kier alpha value is -1.82. The number of hydrogen-bond acceptors (Lipinski definition) is 4. The Bertz CT molecular complexity index is 587. The second-order valence-electron chi connectivity index (χ2n) is 4.73. The predicted octanol–water partition coefficient (Wildman–Crippen LogP) is 2.86. The summed E-state index contributed by atoms with van der Waals surface area (Å²) in [6.07, 6.45) is 1.47. The summed E-state index contributed by atoms with van der Waals surface area (Å²) in [7, 11) is 0. The van der Waals surface area contributed by atoms with E-state index in [-0.39, 0.29) is 5.56 Å². The molecular weight excluding hydrogens is 285 g/mol. The predicted molar refractivity (Wildman–Crippen MR) is 80.7 cm³/mol. The highest BCUT2D eigenvalue weighted by Gasteiger charge is 2.44. The van der Waals surface area contributed by atoms with Crippen LogP contribution in [0, 0.1) is 5.82 Å². The summed E-state index contributed by atoms with van der Waals surface area (Å²) in [5.74, 6) is -0.613. The van der Waals surface area contributed by atoms with Crippen molar-refractivity contribution in [2.24, 2.45) is 0 Å². The van der Waals surface area contributed by atoms with Crippen LogP contribution in [0.3, 0.4) is 0 Å². The molecule has 0 saturated carbocycles. The molecule has 0 bridgehead atoms. The zero-order valence-corrected chi connectivity index (χ0v) is 12.7. The SMILES string of the molecule is CCOC(OCC)C(O)(c1ccccc1)c1ccncc1F. The largest absolute Gasteiger partial charge is 0.375 e. The molecule has 1 aromatic carbocycles. The van der Waals surface area contributed by atoms with E-state index in [0.717, 1.165) is 6.20 Å². The first kappa shape index (κ1) is 16.5. The van der Waals surface area contributed by atoms with Crippen molar-refractivity contribution in [1.82, 2.24) is 4.98 Å². The van der Waals surface area contributed by atoms with Gasteiger partial charge in [-0.2, -0.15) is 0 Å². The van der Waals surface area contributed by atoms with Crippen LogP contribution in [0.25, 0.3) is 0 Å². The second-order valence-corrected chi connectivity index (χ2v) is 4.73. The van der Waals surface area contributed by atoms with Crippen LogP contribution in [0.1, 0.15) is 25.0 Å². The smallest absolute Gasteiger partial charge is 0.195 e. The molecule has 0 aliphatic rings. The fourth-order valence-corrected chi connectivity index (χ4v) is 2.39. The third-order valence-corrected chi connectivity index (χ3v) is 3.37. The highest BCUT2D eigenvalue weighted by molar-refractivity contribution is 5.36. The maximum atomic E-state index is 14.3. The van der Waals surface area contributed by atoms with Gasteiger partial charge in [-0.3, -0.25) is 4.98 Å². The molecule has 0 radical (unpaired) electrons. The van der Waals surface area contributed by atoms with Crippen molar-refractivity contribution in [2.45, 2.75) is 25.7 Å². The van der Waals surface area contributed by atoms with E-state index in [4.69, 9.17) is 9.47 Å². The summed E-state index contributed by atoms with van der Waals surface area (Å²) >= 11 is 0. The molecule has 1 heterocycles. The van der Waals surface area contributed by atoms with Crippen LogP contribution in [0.4, 0.5) is 4.39 Å². The van der Waals surface area contributed by atoms with Gasteiger partial charge in [0.2, 0.25) is 0 Å². The normalized spacial score (nSPS) is 14.0. The molecule has 118 valence electrons. The number of hydrogen-bond donors (Lipinski definition) is 1. The van der Waals surface area contributed by atoms with E-state index in [0.29, 0.717) is 18.8 Å². The Kier molecular flexibility index (Phi) is 5.60. The third-order valence-electron chi connectivity index (χ3n) is 3.37. The Morgan fingerprint density at radius 3 is 2.32 bits per heavy atom. The first-order valence-electron chi connectivity index (χ1n) is 7.25.